The molecule has 1 N–H and O–H groups in total. The van der Waals surface area contributed by atoms with Crippen LogP contribution in [0, 0.1) is 0 Å². The summed E-state index contributed by atoms with van der Waals surface area (Å²) in [7, 11) is 0. The van der Waals surface area contributed by atoms with E-state index in [1.165, 1.54) is 11.1 Å². The zero-order valence-corrected chi connectivity index (χ0v) is 14.7. The molecular weight excluding hydrogens is 298 g/mol. The lowest BCUT2D eigenvalue weighted by Crippen LogP contribution is -2.46. The van der Waals surface area contributed by atoms with Gasteiger partial charge in [0.2, 0.25) is 0 Å². The fourth-order valence-electron chi connectivity index (χ4n) is 3.06. The van der Waals surface area contributed by atoms with E-state index in [4.69, 9.17) is 0 Å². The van der Waals surface area contributed by atoms with E-state index in [-0.39, 0.29) is 6.04 Å². The van der Waals surface area contributed by atoms with Gasteiger partial charge in [0.25, 0.3) is 0 Å². The predicted molar refractivity (Wildman–Crippen MR) is 98.1 cm³/mol. The maximum atomic E-state index is 4.57. The van der Waals surface area contributed by atoms with Crippen LogP contribution in [0.15, 0.2) is 42.9 Å². The largest absolute Gasteiger partial charge is 0.354 e. The molecule has 1 atom stereocenters. The van der Waals surface area contributed by atoms with Gasteiger partial charge in [-0.3, -0.25) is 4.98 Å². The van der Waals surface area contributed by atoms with Crippen LogP contribution < -0.4 is 10.2 Å². The molecule has 0 radical (unpaired) electrons. The Morgan fingerprint density at radius 2 is 2.00 bits per heavy atom. The van der Waals surface area contributed by atoms with Crippen LogP contribution in [0.25, 0.3) is 0 Å². The lowest BCUT2D eigenvalue weighted by atomic mass is 10.1. The second-order valence-corrected chi connectivity index (χ2v) is 6.33. The number of hydrogen-bond donors (Lipinski definition) is 1. The van der Waals surface area contributed by atoms with Crippen LogP contribution in [0.4, 0.5) is 5.82 Å². The summed E-state index contributed by atoms with van der Waals surface area (Å²) in [5.74, 6) is 1.10. The van der Waals surface area contributed by atoms with Gasteiger partial charge in [-0.1, -0.05) is 13.0 Å². The summed E-state index contributed by atoms with van der Waals surface area (Å²) >= 11 is 0. The van der Waals surface area contributed by atoms with Crippen molar-refractivity contribution in [1.29, 1.82) is 0 Å². The van der Waals surface area contributed by atoms with E-state index in [9.17, 15) is 0 Å². The highest BCUT2D eigenvalue weighted by Crippen LogP contribution is 2.16. The van der Waals surface area contributed by atoms with E-state index in [1.807, 2.05) is 24.7 Å². The first kappa shape index (κ1) is 16.9. The SMILES string of the molecule is CCN1CCN(c2cc(CN[C@H](C)c3cccnc3)ccn2)CC1. The molecule has 3 heterocycles. The number of rotatable bonds is 6. The Morgan fingerprint density at radius 1 is 1.17 bits per heavy atom. The van der Waals surface area contributed by atoms with Crippen molar-refractivity contribution in [3.8, 4) is 0 Å². The molecule has 1 aliphatic rings. The highest BCUT2D eigenvalue weighted by atomic mass is 15.3. The molecule has 128 valence electrons. The lowest BCUT2D eigenvalue weighted by Gasteiger charge is -2.34. The van der Waals surface area contributed by atoms with Gasteiger partial charge in [-0.15, -0.1) is 0 Å². The Bertz CT molecular complexity index is 623. The molecule has 1 aliphatic heterocycles. The van der Waals surface area contributed by atoms with Gasteiger partial charge in [-0.25, -0.2) is 4.98 Å². The molecule has 0 aromatic carbocycles. The van der Waals surface area contributed by atoms with Gasteiger partial charge in [-0.05, 0) is 42.8 Å². The van der Waals surface area contributed by atoms with E-state index >= 15 is 0 Å². The van der Waals surface area contributed by atoms with Crippen molar-refractivity contribution in [2.24, 2.45) is 0 Å². The summed E-state index contributed by atoms with van der Waals surface area (Å²) in [6.07, 6.45) is 5.65. The minimum absolute atomic E-state index is 0.281. The van der Waals surface area contributed by atoms with Crippen molar-refractivity contribution < 1.29 is 0 Å². The molecule has 0 aliphatic carbocycles. The van der Waals surface area contributed by atoms with Crippen LogP contribution in [0.3, 0.4) is 0 Å². The molecule has 1 saturated heterocycles. The second kappa shape index (κ2) is 8.22. The number of nitrogens with one attached hydrogen (secondary N) is 1. The summed E-state index contributed by atoms with van der Waals surface area (Å²) in [5, 5.41) is 3.57. The molecule has 1 fully saturated rings. The second-order valence-electron chi connectivity index (χ2n) is 6.33. The van der Waals surface area contributed by atoms with E-state index in [0.717, 1.165) is 45.1 Å². The van der Waals surface area contributed by atoms with Gasteiger partial charge in [0.15, 0.2) is 0 Å². The Labute approximate surface area is 144 Å². The third-order valence-corrected chi connectivity index (χ3v) is 4.75. The van der Waals surface area contributed by atoms with Gasteiger partial charge in [0, 0.05) is 57.4 Å². The molecule has 0 saturated carbocycles. The van der Waals surface area contributed by atoms with Gasteiger partial charge in [-0.2, -0.15) is 0 Å². The topological polar surface area (TPSA) is 44.3 Å². The Balaban J connectivity index is 1.57. The highest BCUT2D eigenvalue weighted by Gasteiger charge is 2.16. The van der Waals surface area contributed by atoms with Crippen LogP contribution in [-0.4, -0.2) is 47.6 Å². The molecule has 5 nitrogen and oxygen atoms in total. The number of aromatic nitrogens is 2. The van der Waals surface area contributed by atoms with Gasteiger partial charge in [0.1, 0.15) is 5.82 Å². The first-order chi connectivity index (χ1) is 11.8. The molecule has 2 aromatic rings. The number of likely N-dealkylation sites (N-methyl/N-ethyl adjacent to an activating group) is 1. The number of hydrogen-bond acceptors (Lipinski definition) is 5. The third-order valence-electron chi connectivity index (χ3n) is 4.75. The first-order valence-electron chi connectivity index (χ1n) is 8.82. The third kappa shape index (κ3) is 4.30. The number of nitrogens with zero attached hydrogens (tertiary/aromatic N) is 4. The van der Waals surface area contributed by atoms with Gasteiger partial charge < -0.3 is 15.1 Å². The average Bonchev–Trinajstić information content (AvgIpc) is 2.67. The Hall–Kier alpha value is -1.98. The molecule has 2 aromatic heterocycles. The standard InChI is InChI=1S/C19H27N5/c1-3-23-9-11-24(12-10-23)19-13-17(6-8-21-19)14-22-16(2)18-5-4-7-20-15-18/h4-8,13,15-16,22H,3,9-12,14H2,1-2H3/t16-/m1/s1. The molecule has 0 amide bonds. The summed E-state index contributed by atoms with van der Waals surface area (Å²) in [4.78, 5) is 13.6. The molecule has 0 spiro atoms. The molecule has 5 heteroatoms. The van der Waals surface area contributed by atoms with E-state index < -0.39 is 0 Å². The summed E-state index contributed by atoms with van der Waals surface area (Å²) in [5.41, 5.74) is 2.48. The average molecular weight is 325 g/mol. The Kier molecular flexibility index (Phi) is 5.77. The van der Waals surface area contributed by atoms with Crippen molar-refractivity contribution >= 4 is 5.82 Å². The van der Waals surface area contributed by atoms with Crippen molar-refractivity contribution in [2.75, 3.05) is 37.6 Å². The number of piperazine rings is 1. The normalized spacial score (nSPS) is 17.0. The smallest absolute Gasteiger partial charge is 0.128 e. The van der Waals surface area contributed by atoms with Gasteiger partial charge >= 0.3 is 0 Å². The summed E-state index contributed by atoms with van der Waals surface area (Å²) in [6.45, 7) is 10.7. The maximum absolute atomic E-state index is 4.57. The van der Waals surface area contributed by atoms with E-state index in [0.29, 0.717) is 0 Å². The van der Waals surface area contributed by atoms with Crippen LogP contribution in [-0.2, 0) is 6.54 Å². The van der Waals surface area contributed by atoms with Gasteiger partial charge in [0.05, 0.1) is 0 Å². The fraction of sp³-hybridized carbons (Fsp3) is 0.474. The summed E-state index contributed by atoms with van der Waals surface area (Å²) in [6, 6.07) is 8.67. The lowest BCUT2D eigenvalue weighted by molar-refractivity contribution is 0.270. The van der Waals surface area contributed by atoms with Crippen LogP contribution >= 0.6 is 0 Å². The molecule has 24 heavy (non-hydrogen) atoms. The minimum atomic E-state index is 0.281. The van der Waals surface area contributed by atoms with Crippen molar-refractivity contribution in [1.82, 2.24) is 20.2 Å². The summed E-state index contributed by atoms with van der Waals surface area (Å²) < 4.78 is 0. The Morgan fingerprint density at radius 3 is 2.71 bits per heavy atom. The highest BCUT2D eigenvalue weighted by molar-refractivity contribution is 5.41. The monoisotopic (exact) mass is 325 g/mol. The predicted octanol–water partition coefficient (Wildman–Crippen LogP) is 2.47. The first-order valence-corrected chi connectivity index (χ1v) is 8.82. The molecular formula is C19H27N5. The minimum Gasteiger partial charge on any atom is -0.354 e. The van der Waals surface area contributed by atoms with Crippen molar-refractivity contribution in [3.63, 3.8) is 0 Å². The van der Waals surface area contributed by atoms with E-state index in [1.54, 1.807) is 0 Å². The van der Waals surface area contributed by atoms with Crippen molar-refractivity contribution in [2.45, 2.75) is 26.4 Å². The zero-order chi connectivity index (χ0) is 16.8. The fourth-order valence-corrected chi connectivity index (χ4v) is 3.06. The van der Waals surface area contributed by atoms with Crippen molar-refractivity contribution in [3.05, 3.63) is 54.0 Å². The zero-order valence-electron chi connectivity index (χ0n) is 14.7. The number of anilines is 1. The molecule has 3 rings (SSSR count). The van der Waals surface area contributed by atoms with Crippen LogP contribution in [0.5, 0.6) is 0 Å². The molecule has 0 bridgehead atoms. The maximum Gasteiger partial charge on any atom is 0.128 e. The van der Waals surface area contributed by atoms with Crippen LogP contribution in [0.1, 0.15) is 31.0 Å². The quantitative estimate of drug-likeness (QED) is 0.884. The molecule has 0 unspecified atom stereocenters. The number of pyridine rings is 2. The van der Waals surface area contributed by atoms with E-state index in [2.05, 4.69) is 57.1 Å². The van der Waals surface area contributed by atoms with Crippen LogP contribution in [0.2, 0.25) is 0 Å².